The molecule has 0 aliphatic carbocycles. The first-order chi connectivity index (χ1) is 14.1. The fourth-order valence-corrected chi connectivity index (χ4v) is 3.63. The molecule has 1 aromatic heterocycles. The van der Waals surface area contributed by atoms with Gasteiger partial charge in [-0.25, -0.2) is 4.98 Å². The summed E-state index contributed by atoms with van der Waals surface area (Å²) in [5.41, 5.74) is -0.0359. The van der Waals surface area contributed by atoms with E-state index >= 15 is 0 Å². The molecule has 10 heteroatoms. The van der Waals surface area contributed by atoms with Crippen LogP contribution in [0.15, 0.2) is 41.0 Å². The summed E-state index contributed by atoms with van der Waals surface area (Å²) in [4.78, 5) is 3.67. The van der Waals surface area contributed by atoms with Crippen molar-refractivity contribution in [2.75, 3.05) is 13.2 Å². The average molecular weight is 503 g/mol. The number of hydrogen-bond acceptors (Lipinski definition) is 3. The van der Waals surface area contributed by atoms with Crippen LogP contribution in [0, 0.1) is 0 Å². The third kappa shape index (κ3) is 7.73. The summed E-state index contributed by atoms with van der Waals surface area (Å²) in [6.07, 6.45) is -0.850. The molecule has 0 saturated carbocycles. The lowest BCUT2D eigenvalue weighted by atomic mass is 9.96. The fraction of sp³-hybridized carbons (Fsp3) is 0.350. The van der Waals surface area contributed by atoms with E-state index in [2.05, 4.69) is 4.98 Å². The predicted octanol–water partition coefficient (Wildman–Crippen LogP) is 8.07. The minimum Gasteiger partial charge on any atom is -0.489 e. The number of hydrogen-bond donors (Lipinski definition) is 0. The van der Waals surface area contributed by atoms with E-state index in [9.17, 15) is 13.2 Å². The fourth-order valence-electron chi connectivity index (χ4n) is 2.66. The van der Waals surface area contributed by atoms with Gasteiger partial charge in [0.2, 0.25) is 5.88 Å². The number of pyridine rings is 1. The Bertz CT molecular complexity index is 846. The Hall–Kier alpha value is -1.34. The molecule has 0 aliphatic heterocycles. The number of halogens is 7. The van der Waals surface area contributed by atoms with Crippen molar-refractivity contribution in [1.29, 1.82) is 0 Å². The molecule has 1 unspecified atom stereocenters. The molecule has 0 amide bonds. The van der Waals surface area contributed by atoms with Crippen LogP contribution in [-0.4, -0.2) is 18.2 Å². The van der Waals surface area contributed by atoms with E-state index in [4.69, 9.17) is 55.9 Å². The minimum absolute atomic E-state index is 0.0281. The second-order valence-corrected chi connectivity index (χ2v) is 8.20. The van der Waals surface area contributed by atoms with Crippen molar-refractivity contribution in [3.63, 3.8) is 0 Å². The minimum atomic E-state index is -4.42. The molecular formula is C20H18Cl4F3NO2. The number of benzene rings is 1. The van der Waals surface area contributed by atoms with Gasteiger partial charge in [0.15, 0.2) is 0 Å². The molecule has 1 aromatic carbocycles. The second kappa shape index (κ2) is 11.3. The summed E-state index contributed by atoms with van der Waals surface area (Å²) in [7, 11) is 0. The molecule has 1 atom stereocenters. The van der Waals surface area contributed by atoms with E-state index < -0.39 is 11.7 Å². The van der Waals surface area contributed by atoms with Crippen LogP contribution >= 0.6 is 46.4 Å². The van der Waals surface area contributed by atoms with Crippen molar-refractivity contribution in [2.24, 2.45) is 0 Å². The van der Waals surface area contributed by atoms with E-state index in [1.165, 1.54) is 12.1 Å². The number of alkyl halides is 3. The van der Waals surface area contributed by atoms with Gasteiger partial charge in [0.05, 0.1) is 12.2 Å². The molecule has 0 aliphatic rings. The van der Waals surface area contributed by atoms with Gasteiger partial charge >= 0.3 is 6.18 Å². The van der Waals surface area contributed by atoms with Crippen LogP contribution in [0.3, 0.4) is 0 Å². The molecule has 0 radical (unpaired) electrons. The van der Waals surface area contributed by atoms with Crippen LogP contribution < -0.4 is 9.47 Å². The molecule has 0 N–H and O–H groups in total. The van der Waals surface area contributed by atoms with Crippen LogP contribution in [0.2, 0.25) is 10.0 Å². The van der Waals surface area contributed by atoms with E-state index in [1.54, 1.807) is 12.1 Å². The molecule has 1 heterocycles. The van der Waals surface area contributed by atoms with Crippen molar-refractivity contribution >= 4 is 46.4 Å². The summed E-state index contributed by atoms with van der Waals surface area (Å²) in [5.74, 6) is 0.656. The van der Waals surface area contributed by atoms with E-state index in [0.29, 0.717) is 35.2 Å². The molecule has 3 nitrogen and oxygen atoms in total. The van der Waals surface area contributed by atoms with Gasteiger partial charge < -0.3 is 9.47 Å². The average Bonchev–Trinajstić information content (AvgIpc) is 2.64. The lowest BCUT2D eigenvalue weighted by molar-refractivity contribution is -0.137. The van der Waals surface area contributed by atoms with Gasteiger partial charge in [0.25, 0.3) is 0 Å². The van der Waals surface area contributed by atoms with Gasteiger partial charge in [0.1, 0.15) is 16.8 Å². The van der Waals surface area contributed by atoms with Crippen molar-refractivity contribution in [3.8, 4) is 11.6 Å². The number of rotatable bonds is 9. The summed E-state index contributed by atoms with van der Waals surface area (Å²) in [5, 5.41) is 0.938. The zero-order valence-electron chi connectivity index (χ0n) is 15.8. The monoisotopic (exact) mass is 501 g/mol. The predicted molar refractivity (Wildman–Crippen MR) is 114 cm³/mol. The van der Waals surface area contributed by atoms with Gasteiger partial charge in [-0.2, -0.15) is 13.2 Å². The Morgan fingerprint density at radius 1 is 1.13 bits per heavy atom. The Morgan fingerprint density at radius 2 is 1.80 bits per heavy atom. The summed E-state index contributed by atoms with van der Waals surface area (Å²) < 4.78 is 48.6. The van der Waals surface area contributed by atoms with E-state index in [0.717, 1.165) is 17.8 Å². The van der Waals surface area contributed by atoms with Crippen molar-refractivity contribution in [2.45, 2.75) is 31.9 Å². The standard InChI is InChI=1S/C20H18Cl4F3NO2/c1-12(3-2-7-30-18-5-4-13(11-28-18)20(25,26)27)19-15(21)9-14(10-16(19)22)29-8-6-17(23)24/h4-6,9-12H,2-3,7-8H2,1H3. The first-order valence-corrected chi connectivity index (χ1v) is 10.4. The molecule has 30 heavy (non-hydrogen) atoms. The summed E-state index contributed by atoms with van der Waals surface area (Å²) in [6, 6.07) is 5.46. The highest BCUT2D eigenvalue weighted by atomic mass is 35.5. The number of aromatic nitrogens is 1. The Kier molecular flexibility index (Phi) is 9.41. The van der Waals surface area contributed by atoms with Crippen molar-refractivity contribution in [3.05, 3.63) is 62.2 Å². The number of ether oxygens (including phenoxy) is 2. The molecular weight excluding hydrogens is 485 g/mol. The van der Waals surface area contributed by atoms with Crippen LogP contribution in [0.5, 0.6) is 11.6 Å². The highest BCUT2D eigenvalue weighted by Crippen LogP contribution is 2.37. The maximum atomic E-state index is 12.5. The van der Waals surface area contributed by atoms with Crippen LogP contribution in [0.25, 0.3) is 0 Å². The lowest BCUT2D eigenvalue weighted by Crippen LogP contribution is -2.07. The number of nitrogens with zero attached hydrogens (tertiary/aromatic N) is 1. The van der Waals surface area contributed by atoms with Gasteiger partial charge in [-0.05, 0) is 48.6 Å². The van der Waals surface area contributed by atoms with Gasteiger partial charge in [-0.1, -0.05) is 53.3 Å². The Labute approximate surface area is 192 Å². The molecule has 0 bridgehead atoms. The maximum absolute atomic E-state index is 12.5. The van der Waals surface area contributed by atoms with Crippen LogP contribution in [0.1, 0.15) is 36.8 Å². The first kappa shape index (κ1) is 24.9. The molecule has 164 valence electrons. The third-order valence-electron chi connectivity index (χ3n) is 4.13. The lowest BCUT2D eigenvalue weighted by Gasteiger charge is -2.17. The van der Waals surface area contributed by atoms with Crippen LogP contribution in [0.4, 0.5) is 13.2 Å². The topological polar surface area (TPSA) is 31.4 Å². The largest absolute Gasteiger partial charge is 0.489 e. The maximum Gasteiger partial charge on any atom is 0.417 e. The molecule has 0 saturated heterocycles. The summed E-state index contributed by atoms with van der Waals surface area (Å²) in [6.45, 7) is 2.45. The zero-order chi connectivity index (χ0) is 22.3. The van der Waals surface area contributed by atoms with Gasteiger partial charge in [0, 0.05) is 22.3 Å². The molecule has 0 fully saturated rings. The van der Waals surface area contributed by atoms with Gasteiger partial charge in [-0.15, -0.1) is 0 Å². The van der Waals surface area contributed by atoms with Crippen molar-refractivity contribution < 1.29 is 22.6 Å². The SMILES string of the molecule is CC(CCCOc1ccc(C(F)(F)F)cn1)c1c(Cl)cc(OCC=C(Cl)Cl)cc1Cl. The normalized spacial score (nSPS) is 12.4. The summed E-state index contributed by atoms with van der Waals surface area (Å²) >= 11 is 23.8. The molecule has 0 spiro atoms. The van der Waals surface area contributed by atoms with E-state index in [-0.39, 0.29) is 22.9 Å². The zero-order valence-corrected chi connectivity index (χ0v) is 18.8. The first-order valence-electron chi connectivity index (χ1n) is 8.87. The third-order valence-corrected chi connectivity index (χ3v) is 5.06. The quantitative estimate of drug-likeness (QED) is 0.325. The highest BCUT2D eigenvalue weighted by molar-refractivity contribution is 6.55. The molecule has 2 aromatic rings. The van der Waals surface area contributed by atoms with Gasteiger partial charge in [-0.3, -0.25) is 0 Å². The Balaban J connectivity index is 1.87. The van der Waals surface area contributed by atoms with Crippen LogP contribution in [-0.2, 0) is 6.18 Å². The second-order valence-electron chi connectivity index (χ2n) is 6.38. The van der Waals surface area contributed by atoms with Crippen molar-refractivity contribution in [1.82, 2.24) is 4.98 Å². The smallest absolute Gasteiger partial charge is 0.417 e. The van der Waals surface area contributed by atoms with E-state index in [1.807, 2.05) is 6.92 Å². The molecule has 2 rings (SSSR count). The highest BCUT2D eigenvalue weighted by Gasteiger charge is 2.30. The Morgan fingerprint density at radius 3 is 2.33 bits per heavy atom.